The number of rotatable bonds is 6. The summed E-state index contributed by atoms with van der Waals surface area (Å²) in [5.74, 6) is 0.869. The van der Waals surface area contributed by atoms with Crippen LogP contribution in [0.3, 0.4) is 0 Å². The molecule has 0 aliphatic heterocycles. The van der Waals surface area contributed by atoms with Gasteiger partial charge in [-0.2, -0.15) is 0 Å². The summed E-state index contributed by atoms with van der Waals surface area (Å²) in [6, 6.07) is 8.61. The molecule has 0 atom stereocenters. The zero-order valence-electron chi connectivity index (χ0n) is 9.79. The van der Waals surface area contributed by atoms with Gasteiger partial charge in [-0.1, -0.05) is 48.5 Å². The minimum atomic E-state index is 0.504. The van der Waals surface area contributed by atoms with Gasteiger partial charge in [0, 0.05) is 17.1 Å². The van der Waals surface area contributed by atoms with Crippen molar-refractivity contribution in [3.05, 3.63) is 40.9 Å². The molecule has 0 amide bonds. The van der Waals surface area contributed by atoms with Crippen molar-refractivity contribution in [2.75, 3.05) is 6.61 Å². The molecule has 88 valence electrons. The van der Waals surface area contributed by atoms with Gasteiger partial charge in [-0.25, -0.2) is 0 Å². The lowest BCUT2D eigenvalue weighted by Crippen LogP contribution is -2.21. The molecule has 1 N–H and O–H groups in total. The van der Waals surface area contributed by atoms with Crippen molar-refractivity contribution in [2.24, 2.45) is 0 Å². The lowest BCUT2D eigenvalue weighted by molar-refractivity contribution is 0.361. The average Bonchev–Trinajstić information content (AvgIpc) is 2.25. The van der Waals surface area contributed by atoms with Gasteiger partial charge in [-0.15, -0.1) is 0 Å². The molecule has 0 saturated carbocycles. The molecule has 0 heterocycles. The first-order valence-electron chi connectivity index (χ1n) is 5.36. The molecule has 16 heavy (non-hydrogen) atoms. The van der Waals surface area contributed by atoms with Crippen LogP contribution in [0, 0.1) is 0 Å². The Bertz CT molecular complexity index is 332. The van der Waals surface area contributed by atoms with Gasteiger partial charge in [0.25, 0.3) is 0 Å². The molecule has 0 saturated heterocycles. The Balaban J connectivity index is 2.44. The fourth-order valence-electron chi connectivity index (χ4n) is 1.19. The Hall–Kier alpha value is -0.800. The van der Waals surface area contributed by atoms with E-state index in [-0.39, 0.29) is 0 Å². The molecule has 0 bridgehead atoms. The molecule has 0 fully saturated rings. The summed E-state index contributed by atoms with van der Waals surface area (Å²) < 4.78 is 6.33. The molecular weight excluding hydrogens is 266 g/mol. The third-order valence-corrected chi connectivity index (χ3v) is 2.26. The summed E-state index contributed by atoms with van der Waals surface area (Å²) >= 11 is 3.26. The standard InChI is InChI=1S/C13H18BrNO/c1-10(2)15-8-12-4-6-13(7-5-12)16-9-11(3)14/h4-7,10,15H,3,8-9H2,1-2H3. The van der Waals surface area contributed by atoms with Crippen molar-refractivity contribution >= 4 is 15.9 Å². The normalized spacial score (nSPS) is 10.5. The molecule has 0 spiro atoms. The topological polar surface area (TPSA) is 21.3 Å². The van der Waals surface area contributed by atoms with E-state index in [1.54, 1.807) is 0 Å². The first-order valence-corrected chi connectivity index (χ1v) is 6.15. The maximum absolute atomic E-state index is 5.48. The number of hydrogen-bond donors (Lipinski definition) is 1. The molecule has 1 rings (SSSR count). The van der Waals surface area contributed by atoms with Crippen LogP contribution in [0.1, 0.15) is 19.4 Å². The second-order valence-corrected chi connectivity index (χ2v) is 5.11. The van der Waals surface area contributed by atoms with Crippen LogP contribution in [0.15, 0.2) is 35.3 Å². The summed E-state index contributed by atoms with van der Waals surface area (Å²) in [4.78, 5) is 0. The maximum atomic E-state index is 5.48. The van der Waals surface area contributed by atoms with Crippen molar-refractivity contribution in [2.45, 2.75) is 26.4 Å². The number of ether oxygens (including phenoxy) is 1. The lowest BCUT2D eigenvalue weighted by Gasteiger charge is -2.09. The van der Waals surface area contributed by atoms with Gasteiger partial charge in [-0.3, -0.25) is 0 Å². The van der Waals surface area contributed by atoms with E-state index in [2.05, 4.69) is 53.8 Å². The summed E-state index contributed by atoms with van der Waals surface area (Å²) in [6.45, 7) is 9.39. The largest absolute Gasteiger partial charge is 0.488 e. The second kappa shape index (κ2) is 6.71. The van der Waals surface area contributed by atoms with Crippen molar-refractivity contribution in [3.8, 4) is 5.75 Å². The fourth-order valence-corrected chi connectivity index (χ4v) is 1.30. The molecular formula is C13H18BrNO. The molecule has 1 aromatic rings. The Morgan fingerprint density at radius 1 is 1.38 bits per heavy atom. The highest BCUT2D eigenvalue weighted by molar-refractivity contribution is 9.11. The monoisotopic (exact) mass is 283 g/mol. The average molecular weight is 284 g/mol. The van der Waals surface area contributed by atoms with Crippen LogP contribution in [-0.4, -0.2) is 12.6 Å². The van der Waals surface area contributed by atoms with E-state index < -0.39 is 0 Å². The van der Waals surface area contributed by atoms with Gasteiger partial charge in [0.2, 0.25) is 0 Å². The zero-order valence-corrected chi connectivity index (χ0v) is 11.4. The summed E-state index contributed by atoms with van der Waals surface area (Å²) in [7, 11) is 0. The highest BCUT2D eigenvalue weighted by atomic mass is 79.9. The van der Waals surface area contributed by atoms with E-state index >= 15 is 0 Å². The van der Waals surface area contributed by atoms with Crippen molar-refractivity contribution < 1.29 is 4.74 Å². The summed E-state index contributed by atoms with van der Waals surface area (Å²) in [6.07, 6.45) is 0. The second-order valence-electron chi connectivity index (χ2n) is 3.99. The number of benzene rings is 1. The molecule has 0 aromatic heterocycles. The molecule has 0 aliphatic rings. The van der Waals surface area contributed by atoms with Gasteiger partial charge < -0.3 is 10.1 Å². The minimum Gasteiger partial charge on any atom is -0.488 e. The maximum Gasteiger partial charge on any atom is 0.119 e. The summed E-state index contributed by atoms with van der Waals surface area (Å²) in [5, 5.41) is 3.37. The Morgan fingerprint density at radius 2 is 2.00 bits per heavy atom. The van der Waals surface area contributed by atoms with Crippen molar-refractivity contribution in [3.63, 3.8) is 0 Å². The lowest BCUT2D eigenvalue weighted by atomic mass is 10.2. The SMILES string of the molecule is C=C(Br)COc1ccc(CNC(C)C)cc1. The van der Waals surface area contributed by atoms with E-state index in [1.807, 2.05) is 12.1 Å². The van der Waals surface area contributed by atoms with E-state index in [1.165, 1.54) is 5.56 Å². The van der Waals surface area contributed by atoms with E-state index in [0.717, 1.165) is 16.8 Å². The van der Waals surface area contributed by atoms with Crippen LogP contribution in [0.5, 0.6) is 5.75 Å². The van der Waals surface area contributed by atoms with Gasteiger partial charge in [0.1, 0.15) is 12.4 Å². The molecule has 1 aromatic carbocycles. The Labute approximate surface area is 106 Å². The Morgan fingerprint density at radius 3 is 2.50 bits per heavy atom. The molecule has 0 aliphatic carbocycles. The number of halogens is 1. The highest BCUT2D eigenvalue weighted by Gasteiger charge is 1.97. The van der Waals surface area contributed by atoms with Crippen LogP contribution in [0.2, 0.25) is 0 Å². The van der Waals surface area contributed by atoms with Crippen molar-refractivity contribution in [1.82, 2.24) is 5.32 Å². The van der Waals surface area contributed by atoms with E-state index in [0.29, 0.717) is 12.6 Å². The van der Waals surface area contributed by atoms with Crippen LogP contribution in [-0.2, 0) is 6.54 Å². The smallest absolute Gasteiger partial charge is 0.119 e. The summed E-state index contributed by atoms with van der Waals surface area (Å²) in [5.41, 5.74) is 1.26. The molecule has 0 radical (unpaired) electrons. The molecule has 0 unspecified atom stereocenters. The first kappa shape index (κ1) is 13.3. The van der Waals surface area contributed by atoms with Gasteiger partial charge in [0.15, 0.2) is 0 Å². The molecule has 2 nitrogen and oxygen atoms in total. The van der Waals surface area contributed by atoms with E-state index in [4.69, 9.17) is 4.74 Å². The predicted octanol–water partition coefficient (Wildman–Crippen LogP) is 3.47. The van der Waals surface area contributed by atoms with Crippen LogP contribution >= 0.6 is 15.9 Å². The quantitative estimate of drug-likeness (QED) is 0.863. The zero-order chi connectivity index (χ0) is 12.0. The van der Waals surface area contributed by atoms with E-state index in [9.17, 15) is 0 Å². The van der Waals surface area contributed by atoms with Crippen LogP contribution < -0.4 is 10.1 Å². The molecule has 3 heteroatoms. The highest BCUT2D eigenvalue weighted by Crippen LogP contribution is 2.14. The third-order valence-electron chi connectivity index (χ3n) is 2.03. The third kappa shape index (κ3) is 5.33. The predicted molar refractivity (Wildman–Crippen MR) is 72.0 cm³/mol. The van der Waals surface area contributed by atoms with Crippen LogP contribution in [0.4, 0.5) is 0 Å². The van der Waals surface area contributed by atoms with Gasteiger partial charge in [0.05, 0.1) is 0 Å². The van der Waals surface area contributed by atoms with Crippen molar-refractivity contribution in [1.29, 1.82) is 0 Å². The first-order chi connectivity index (χ1) is 7.58. The fraction of sp³-hybridized carbons (Fsp3) is 0.385. The van der Waals surface area contributed by atoms with Crippen LogP contribution in [0.25, 0.3) is 0 Å². The van der Waals surface area contributed by atoms with Gasteiger partial charge >= 0.3 is 0 Å². The number of nitrogens with one attached hydrogen (secondary N) is 1. The Kier molecular flexibility index (Phi) is 5.56. The van der Waals surface area contributed by atoms with Gasteiger partial charge in [-0.05, 0) is 17.7 Å². The minimum absolute atomic E-state index is 0.504. The number of hydrogen-bond acceptors (Lipinski definition) is 2.